The van der Waals surface area contributed by atoms with Gasteiger partial charge in [-0.15, -0.1) is 0 Å². The number of hydrogen-bond donors (Lipinski definition) is 2. The number of carbonyl (C=O) groups is 1. The summed E-state index contributed by atoms with van der Waals surface area (Å²) in [5.74, 6) is 0.439. The standard InChI is InChI=1S/C13H21N3O/c1-9(2)8-16(4)12-7-10(14)5-6-11(12)13(17)15-3/h5-7,9H,8,14H2,1-4H3,(H,15,17). The maximum absolute atomic E-state index is 11.8. The minimum Gasteiger partial charge on any atom is -0.399 e. The van der Waals surface area contributed by atoms with Gasteiger partial charge in [0.25, 0.3) is 5.91 Å². The molecule has 0 bridgehead atoms. The normalized spacial score (nSPS) is 10.4. The molecule has 94 valence electrons. The van der Waals surface area contributed by atoms with Gasteiger partial charge in [0.2, 0.25) is 0 Å². The van der Waals surface area contributed by atoms with Crippen LogP contribution in [0.4, 0.5) is 11.4 Å². The molecule has 1 aromatic carbocycles. The largest absolute Gasteiger partial charge is 0.399 e. The van der Waals surface area contributed by atoms with Gasteiger partial charge >= 0.3 is 0 Å². The predicted molar refractivity (Wildman–Crippen MR) is 72.4 cm³/mol. The third-order valence-electron chi connectivity index (χ3n) is 2.54. The average molecular weight is 235 g/mol. The Morgan fingerprint density at radius 1 is 1.47 bits per heavy atom. The fourth-order valence-corrected chi connectivity index (χ4v) is 1.84. The average Bonchev–Trinajstić information content (AvgIpc) is 2.27. The van der Waals surface area contributed by atoms with Crippen LogP contribution in [0.15, 0.2) is 18.2 Å². The van der Waals surface area contributed by atoms with E-state index in [1.54, 1.807) is 19.2 Å². The fraction of sp³-hybridized carbons (Fsp3) is 0.462. The number of nitrogens with zero attached hydrogens (tertiary/aromatic N) is 1. The number of anilines is 2. The van der Waals surface area contributed by atoms with Gasteiger partial charge < -0.3 is 16.0 Å². The Morgan fingerprint density at radius 2 is 2.12 bits per heavy atom. The molecule has 0 aromatic heterocycles. The summed E-state index contributed by atoms with van der Waals surface area (Å²) in [6.45, 7) is 5.16. The zero-order chi connectivity index (χ0) is 13.0. The lowest BCUT2D eigenvalue weighted by molar-refractivity contribution is 0.0963. The van der Waals surface area contributed by atoms with E-state index in [2.05, 4.69) is 24.1 Å². The first-order valence-electron chi connectivity index (χ1n) is 5.78. The Hall–Kier alpha value is -1.71. The maximum atomic E-state index is 11.8. The van der Waals surface area contributed by atoms with Gasteiger partial charge in [-0.1, -0.05) is 13.8 Å². The van der Waals surface area contributed by atoms with Crippen LogP contribution in [0.5, 0.6) is 0 Å². The molecule has 0 fully saturated rings. The quantitative estimate of drug-likeness (QED) is 0.781. The van der Waals surface area contributed by atoms with Crippen LogP contribution in [0.3, 0.4) is 0 Å². The highest BCUT2D eigenvalue weighted by Crippen LogP contribution is 2.23. The van der Waals surface area contributed by atoms with Crippen LogP contribution >= 0.6 is 0 Å². The highest BCUT2D eigenvalue weighted by molar-refractivity contribution is 6.00. The molecule has 0 heterocycles. The molecule has 1 aromatic rings. The van der Waals surface area contributed by atoms with Crippen molar-refractivity contribution >= 4 is 17.3 Å². The lowest BCUT2D eigenvalue weighted by Gasteiger charge is -2.24. The number of carbonyl (C=O) groups excluding carboxylic acids is 1. The summed E-state index contributed by atoms with van der Waals surface area (Å²) >= 11 is 0. The molecular weight excluding hydrogens is 214 g/mol. The van der Waals surface area contributed by atoms with Crippen LogP contribution in [-0.2, 0) is 0 Å². The van der Waals surface area contributed by atoms with Crippen molar-refractivity contribution in [2.24, 2.45) is 5.92 Å². The molecule has 0 atom stereocenters. The number of nitrogen functional groups attached to an aromatic ring is 1. The van der Waals surface area contributed by atoms with Crippen LogP contribution in [0.1, 0.15) is 24.2 Å². The molecule has 1 rings (SSSR count). The third-order valence-corrected chi connectivity index (χ3v) is 2.54. The van der Waals surface area contributed by atoms with Crippen molar-refractivity contribution in [3.05, 3.63) is 23.8 Å². The molecule has 17 heavy (non-hydrogen) atoms. The minimum absolute atomic E-state index is 0.0874. The second-order valence-corrected chi connectivity index (χ2v) is 4.63. The van der Waals surface area contributed by atoms with Crippen LogP contribution in [0.2, 0.25) is 0 Å². The van der Waals surface area contributed by atoms with Crippen molar-refractivity contribution in [2.45, 2.75) is 13.8 Å². The van der Waals surface area contributed by atoms with Gasteiger partial charge in [0.1, 0.15) is 0 Å². The Balaban J connectivity index is 3.10. The zero-order valence-electron chi connectivity index (χ0n) is 10.9. The van der Waals surface area contributed by atoms with Crippen molar-refractivity contribution in [3.8, 4) is 0 Å². The number of hydrogen-bond acceptors (Lipinski definition) is 3. The van der Waals surface area contributed by atoms with E-state index in [9.17, 15) is 4.79 Å². The summed E-state index contributed by atoms with van der Waals surface area (Å²) in [6, 6.07) is 5.35. The van der Waals surface area contributed by atoms with Gasteiger partial charge in [0.15, 0.2) is 0 Å². The molecular formula is C13H21N3O. The van der Waals surface area contributed by atoms with E-state index >= 15 is 0 Å². The van der Waals surface area contributed by atoms with E-state index < -0.39 is 0 Å². The lowest BCUT2D eigenvalue weighted by Crippen LogP contribution is -2.27. The third kappa shape index (κ3) is 3.37. The molecule has 0 spiro atoms. The Kier molecular flexibility index (Phi) is 4.37. The van der Waals surface area contributed by atoms with Crippen molar-refractivity contribution in [1.82, 2.24) is 5.32 Å². The monoisotopic (exact) mass is 235 g/mol. The highest BCUT2D eigenvalue weighted by Gasteiger charge is 2.14. The van der Waals surface area contributed by atoms with Gasteiger partial charge in [-0.3, -0.25) is 4.79 Å². The van der Waals surface area contributed by atoms with Crippen LogP contribution in [-0.4, -0.2) is 26.5 Å². The molecule has 3 N–H and O–H groups in total. The Bertz CT molecular complexity index is 402. The minimum atomic E-state index is -0.0874. The number of nitrogens with two attached hydrogens (primary N) is 1. The molecule has 0 unspecified atom stereocenters. The van der Waals surface area contributed by atoms with Crippen LogP contribution in [0.25, 0.3) is 0 Å². The maximum Gasteiger partial charge on any atom is 0.253 e. The van der Waals surface area contributed by atoms with E-state index in [0.29, 0.717) is 17.2 Å². The van der Waals surface area contributed by atoms with E-state index in [4.69, 9.17) is 5.73 Å². The summed E-state index contributed by atoms with van der Waals surface area (Å²) < 4.78 is 0. The molecule has 0 radical (unpaired) electrons. The molecule has 0 aliphatic carbocycles. The van der Waals surface area contributed by atoms with Crippen LogP contribution in [0, 0.1) is 5.92 Å². The highest BCUT2D eigenvalue weighted by atomic mass is 16.1. The first kappa shape index (κ1) is 13.4. The second kappa shape index (κ2) is 5.57. The topological polar surface area (TPSA) is 58.4 Å². The van der Waals surface area contributed by atoms with E-state index in [0.717, 1.165) is 12.2 Å². The van der Waals surface area contributed by atoms with Crippen molar-refractivity contribution in [3.63, 3.8) is 0 Å². The summed E-state index contributed by atoms with van der Waals surface area (Å²) in [4.78, 5) is 13.8. The summed E-state index contributed by atoms with van der Waals surface area (Å²) in [5.41, 5.74) is 7.98. The molecule has 4 heteroatoms. The van der Waals surface area contributed by atoms with Gasteiger partial charge in [-0.2, -0.15) is 0 Å². The van der Waals surface area contributed by atoms with Gasteiger partial charge in [0.05, 0.1) is 11.3 Å². The molecule has 0 saturated heterocycles. The Morgan fingerprint density at radius 3 is 2.65 bits per heavy atom. The molecule has 0 aliphatic heterocycles. The summed E-state index contributed by atoms with van der Waals surface area (Å²) in [7, 11) is 3.60. The molecule has 0 saturated carbocycles. The van der Waals surface area contributed by atoms with E-state index in [-0.39, 0.29) is 5.91 Å². The van der Waals surface area contributed by atoms with E-state index in [1.165, 1.54) is 0 Å². The van der Waals surface area contributed by atoms with Crippen LogP contribution < -0.4 is 16.0 Å². The second-order valence-electron chi connectivity index (χ2n) is 4.63. The molecule has 0 aliphatic rings. The number of nitrogens with one attached hydrogen (secondary N) is 1. The molecule has 4 nitrogen and oxygen atoms in total. The van der Waals surface area contributed by atoms with Crippen molar-refractivity contribution in [2.75, 3.05) is 31.3 Å². The van der Waals surface area contributed by atoms with Gasteiger partial charge in [-0.25, -0.2) is 0 Å². The summed E-state index contributed by atoms with van der Waals surface area (Å²) in [6.07, 6.45) is 0. The van der Waals surface area contributed by atoms with Crippen molar-refractivity contribution in [1.29, 1.82) is 0 Å². The number of benzene rings is 1. The SMILES string of the molecule is CNC(=O)c1ccc(N)cc1N(C)CC(C)C. The van der Waals surface area contributed by atoms with Gasteiger partial charge in [0, 0.05) is 26.3 Å². The first-order chi connectivity index (χ1) is 7.95. The predicted octanol–water partition coefficient (Wildman–Crippen LogP) is 1.72. The zero-order valence-corrected chi connectivity index (χ0v) is 10.9. The fourth-order valence-electron chi connectivity index (χ4n) is 1.84. The lowest BCUT2D eigenvalue weighted by atomic mass is 10.1. The Labute approximate surface area is 103 Å². The number of rotatable bonds is 4. The molecule has 1 amide bonds. The van der Waals surface area contributed by atoms with Crippen molar-refractivity contribution < 1.29 is 4.79 Å². The van der Waals surface area contributed by atoms with E-state index in [1.807, 2.05) is 13.1 Å². The number of amides is 1. The van der Waals surface area contributed by atoms with Gasteiger partial charge in [-0.05, 0) is 24.1 Å². The first-order valence-corrected chi connectivity index (χ1v) is 5.78. The summed E-state index contributed by atoms with van der Waals surface area (Å²) in [5, 5.41) is 2.64. The smallest absolute Gasteiger partial charge is 0.253 e.